The molecule has 0 radical (unpaired) electrons. The number of carbonyl (C=O) groups is 1. The van der Waals surface area contributed by atoms with Gasteiger partial charge in [0.2, 0.25) is 0 Å². The zero-order valence-corrected chi connectivity index (χ0v) is 18.4. The van der Waals surface area contributed by atoms with Crippen molar-refractivity contribution in [2.75, 3.05) is 19.7 Å². The molecule has 2 aliphatic rings. The van der Waals surface area contributed by atoms with Gasteiger partial charge in [0.1, 0.15) is 6.61 Å². The number of rotatable bonds is 5. The molecule has 2 fully saturated rings. The molecule has 2 saturated heterocycles. The Balaban J connectivity index is 1.30. The maximum Gasteiger partial charge on any atom is 0.410 e. The van der Waals surface area contributed by atoms with Gasteiger partial charge in [-0.25, -0.2) is 4.79 Å². The second-order valence-corrected chi connectivity index (χ2v) is 8.59. The van der Waals surface area contributed by atoms with Crippen LogP contribution in [0.1, 0.15) is 24.0 Å². The molecule has 0 bridgehead atoms. The van der Waals surface area contributed by atoms with Gasteiger partial charge in [-0.15, -0.1) is 0 Å². The van der Waals surface area contributed by atoms with Crippen LogP contribution in [-0.2, 0) is 17.7 Å². The number of hydrogen-bond acceptors (Lipinski definition) is 3. The first kappa shape index (κ1) is 20.9. The lowest BCUT2D eigenvalue weighted by Crippen LogP contribution is -2.51. The highest BCUT2D eigenvalue weighted by Gasteiger charge is 2.39. The summed E-state index contributed by atoms with van der Waals surface area (Å²) in [7, 11) is 0. The Morgan fingerprint density at radius 2 is 1.80 bits per heavy atom. The topological polar surface area (TPSA) is 44.8 Å². The average Bonchev–Trinajstić information content (AvgIpc) is 3.13. The number of cyclic esters (lactones) is 1. The van der Waals surface area contributed by atoms with Crippen LogP contribution in [0.2, 0.25) is 5.02 Å². The molecule has 2 heterocycles. The van der Waals surface area contributed by atoms with E-state index in [2.05, 4.69) is 22.3 Å². The molecule has 4 rings (SSSR count). The molecule has 1 unspecified atom stereocenters. The van der Waals surface area contributed by atoms with Crippen molar-refractivity contribution in [3.05, 3.63) is 70.7 Å². The number of benzene rings is 2. The molecule has 7 heteroatoms. The second kappa shape index (κ2) is 9.67. The van der Waals surface area contributed by atoms with Gasteiger partial charge in [0, 0.05) is 30.7 Å². The molecule has 2 aromatic carbocycles. The third kappa shape index (κ3) is 4.87. The Labute approximate surface area is 187 Å². The number of hydrogen-bond donors (Lipinski definition) is 1. The van der Waals surface area contributed by atoms with E-state index < -0.39 is 0 Å². The third-order valence-corrected chi connectivity index (χ3v) is 6.62. The number of halogens is 1. The zero-order chi connectivity index (χ0) is 20.9. The maximum absolute atomic E-state index is 12.4. The van der Waals surface area contributed by atoms with E-state index in [0.717, 1.165) is 48.1 Å². The fraction of sp³-hybridized carbons (Fsp3) is 0.391. The van der Waals surface area contributed by atoms with Crippen LogP contribution in [0.15, 0.2) is 54.6 Å². The van der Waals surface area contributed by atoms with E-state index >= 15 is 0 Å². The summed E-state index contributed by atoms with van der Waals surface area (Å²) in [5.41, 5.74) is 2.26. The van der Waals surface area contributed by atoms with E-state index in [1.54, 1.807) is 0 Å². The van der Waals surface area contributed by atoms with E-state index in [1.807, 2.05) is 47.4 Å². The highest BCUT2D eigenvalue weighted by atomic mass is 35.5. The first-order valence-corrected chi connectivity index (χ1v) is 11.2. The van der Waals surface area contributed by atoms with Crippen LogP contribution >= 0.6 is 23.8 Å². The van der Waals surface area contributed by atoms with Gasteiger partial charge < -0.3 is 15.0 Å². The Morgan fingerprint density at radius 3 is 2.53 bits per heavy atom. The van der Waals surface area contributed by atoms with E-state index in [-0.39, 0.29) is 18.2 Å². The molecule has 0 aliphatic carbocycles. The first-order valence-electron chi connectivity index (χ1n) is 10.4. The third-order valence-electron chi connectivity index (χ3n) is 5.85. The summed E-state index contributed by atoms with van der Waals surface area (Å²) in [5, 5.41) is 4.79. The molecule has 1 atom stereocenters. The summed E-state index contributed by atoms with van der Waals surface area (Å²) < 4.78 is 5.40. The fourth-order valence-corrected chi connectivity index (χ4v) is 4.69. The number of carbonyl (C=O) groups excluding carboxylic acids is 1. The van der Waals surface area contributed by atoms with Crippen molar-refractivity contribution < 1.29 is 9.53 Å². The highest BCUT2D eigenvalue weighted by Crippen LogP contribution is 2.26. The van der Waals surface area contributed by atoms with Crippen LogP contribution in [-0.4, -0.2) is 52.8 Å². The average molecular weight is 444 g/mol. The normalized spacial score (nSPS) is 19.6. The monoisotopic (exact) mass is 443 g/mol. The molecule has 0 spiro atoms. The summed E-state index contributed by atoms with van der Waals surface area (Å²) in [6, 6.07) is 18.3. The number of piperidine rings is 1. The zero-order valence-electron chi connectivity index (χ0n) is 16.8. The van der Waals surface area contributed by atoms with Gasteiger partial charge in [0.15, 0.2) is 5.11 Å². The maximum atomic E-state index is 12.4. The number of likely N-dealkylation sites (tertiary alicyclic amines) is 1. The molecule has 1 N–H and O–H groups in total. The molecule has 5 nitrogen and oxygen atoms in total. The Morgan fingerprint density at radius 1 is 1.10 bits per heavy atom. The van der Waals surface area contributed by atoms with Crippen molar-refractivity contribution in [3.63, 3.8) is 0 Å². The Bertz CT molecular complexity index is 887. The van der Waals surface area contributed by atoms with Gasteiger partial charge in [-0.1, -0.05) is 60.1 Å². The lowest BCUT2D eigenvalue weighted by atomic mass is 9.99. The van der Waals surface area contributed by atoms with Crippen molar-refractivity contribution in [1.29, 1.82) is 0 Å². The molecular weight excluding hydrogens is 418 g/mol. The molecule has 30 heavy (non-hydrogen) atoms. The number of ether oxygens (including phenoxy) is 1. The smallest absolute Gasteiger partial charge is 0.410 e. The quantitative estimate of drug-likeness (QED) is 0.700. The van der Waals surface area contributed by atoms with Crippen LogP contribution < -0.4 is 5.32 Å². The predicted molar refractivity (Wildman–Crippen MR) is 123 cm³/mol. The SMILES string of the molecule is O=C1OCC(Cc2ccccc2)N1C1CCN(C(=S)NCc2ccccc2Cl)CC1. The minimum Gasteiger partial charge on any atom is -0.447 e. The van der Waals surface area contributed by atoms with E-state index in [9.17, 15) is 4.79 Å². The molecule has 158 valence electrons. The van der Waals surface area contributed by atoms with E-state index in [4.69, 9.17) is 28.6 Å². The van der Waals surface area contributed by atoms with Crippen LogP contribution in [0.25, 0.3) is 0 Å². The van der Waals surface area contributed by atoms with Gasteiger partial charge in [-0.2, -0.15) is 0 Å². The summed E-state index contributed by atoms with van der Waals surface area (Å²) in [6.07, 6.45) is 2.40. The van der Waals surface area contributed by atoms with E-state index in [1.165, 1.54) is 5.56 Å². The van der Waals surface area contributed by atoms with Crippen LogP contribution in [0.5, 0.6) is 0 Å². The number of nitrogens with zero attached hydrogens (tertiary/aromatic N) is 2. The molecule has 1 amide bonds. The minimum atomic E-state index is -0.186. The number of amides is 1. The predicted octanol–water partition coefficient (Wildman–Crippen LogP) is 4.24. The standard InChI is InChI=1S/C23H26ClN3O2S/c24-21-9-5-4-8-18(21)15-25-22(30)26-12-10-19(11-13-26)27-20(16-29-23(27)28)14-17-6-2-1-3-7-17/h1-9,19-20H,10-16H2,(H,25,30). The van der Waals surface area contributed by atoms with Crippen molar-refractivity contribution in [1.82, 2.24) is 15.1 Å². The highest BCUT2D eigenvalue weighted by molar-refractivity contribution is 7.80. The van der Waals surface area contributed by atoms with Gasteiger partial charge in [-0.05, 0) is 48.7 Å². The lowest BCUT2D eigenvalue weighted by Gasteiger charge is -2.39. The Kier molecular flexibility index (Phi) is 6.75. The van der Waals surface area contributed by atoms with Crippen molar-refractivity contribution in [3.8, 4) is 0 Å². The van der Waals surface area contributed by atoms with Gasteiger partial charge >= 0.3 is 6.09 Å². The number of thiocarbonyl (C=S) groups is 1. The summed E-state index contributed by atoms with van der Waals surface area (Å²) in [5.74, 6) is 0. The van der Waals surface area contributed by atoms with Crippen LogP contribution in [0, 0.1) is 0 Å². The van der Waals surface area contributed by atoms with Crippen molar-refractivity contribution in [2.45, 2.75) is 37.9 Å². The first-order chi connectivity index (χ1) is 14.6. The minimum absolute atomic E-state index is 0.0988. The molecule has 0 aromatic heterocycles. The van der Waals surface area contributed by atoms with Gasteiger partial charge in [-0.3, -0.25) is 4.90 Å². The second-order valence-electron chi connectivity index (χ2n) is 7.80. The largest absolute Gasteiger partial charge is 0.447 e. The van der Waals surface area contributed by atoms with Crippen LogP contribution in [0.4, 0.5) is 4.79 Å². The molecule has 2 aromatic rings. The van der Waals surface area contributed by atoms with Gasteiger partial charge in [0.25, 0.3) is 0 Å². The number of nitrogens with one attached hydrogen (secondary N) is 1. The van der Waals surface area contributed by atoms with E-state index in [0.29, 0.717) is 13.2 Å². The summed E-state index contributed by atoms with van der Waals surface area (Å²) in [4.78, 5) is 16.6. The van der Waals surface area contributed by atoms with Crippen molar-refractivity contribution in [2.24, 2.45) is 0 Å². The van der Waals surface area contributed by atoms with Crippen LogP contribution in [0.3, 0.4) is 0 Å². The van der Waals surface area contributed by atoms with Gasteiger partial charge in [0.05, 0.1) is 6.04 Å². The fourth-order valence-electron chi connectivity index (χ4n) is 4.23. The summed E-state index contributed by atoms with van der Waals surface area (Å²) in [6.45, 7) is 2.71. The summed E-state index contributed by atoms with van der Waals surface area (Å²) >= 11 is 11.8. The molecule has 2 aliphatic heterocycles. The Hall–Kier alpha value is -2.31. The van der Waals surface area contributed by atoms with Crippen molar-refractivity contribution >= 4 is 35.0 Å². The lowest BCUT2D eigenvalue weighted by molar-refractivity contribution is 0.123. The molecule has 0 saturated carbocycles. The molecular formula is C23H26ClN3O2S.